The first-order valence-electron chi connectivity index (χ1n) is 13.5. The van der Waals surface area contributed by atoms with E-state index in [1.165, 1.54) is 16.8 Å². The quantitative estimate of drug-likeness (QED) is 0.122. The van der Waals surface area contributed by atoms with Crippen LogP contribution in [0.15, 0.2) is 71.8 Å². The van der Waals surface area contributed by atoms with Gasteiger partial charge in [0.15, 0.2) is 0 Å². The van der Waals surface area contributed by atoms with Crippen molar-refractivity contribution in [3.05, 3.63) is 88.9 Å². The number of hydrogen-bond donors (Lipinski definition) is 0. The fourth-order valence-electron chi connectivity index (χ4n) is 4.97. The lowest BCUT2D eigenvalue weighted by Crippen LogP contribution is -2.24. The minimum absolute atomic E-state index is 0.155. The predicted molar refractivity (Wildman–Crippen MR) is 160 cm³/mol. The highest BCUT2D eigenvalue weighted by Gasteiger charge is 2.17. The van der Waals surface area contributed by atoms with E-state index in [0.717, 1.165) is 45.4 Å². The minimum atomic E-state index is -1.16. The molecule has 0 aliphatic carbocycles. The van der Waals surface area contributed by atoms with Gasteiger partial charge in [-0.2, -0.15) is 19.6 Å². The highest BCUT2D eigenvalue weighted by Crippen LogP contribution is 2.30. The van der Waals surface area contributed by atoms with E-state index in [2.05, 4.69) is 34.8 Å². The fraction of sp³-hybridized carbons (Fsp3) is 0.267. The van der Waals surface area contributed by atoms with Gasteiger partial charge in [-0.1, -0.05) is 37.8 Å². The van der Waals surface area contributed by atoms with Crippen LogP contribution in [-0.2, 0) is 25.1 Å². The number of rotatable bonds is 9. The van der Waals surface area contributed by atoms with E-state index in [1.54, 1.807) is 18.3 Å². The molecule has 0 aliphatic heterocycles. The number of nitrogens with zero attached hydrogens (tertiary/aromatic N) is 6. The summed E-state index contributed by atoms with van der Waals surface area (Å²) in [6.07, 6.45) is 3.55. The van der Waals surface area contributed by atoms with Crippen LogP contribution in [0.2, 0.25) is 25.7 Å². The molecule has 0 saturated carbocycles. The molecule has 6 rings (SSSR count). The van der Waals surface area contributed by atoms with E-state index < -0.39 is 14.0 Å². The third-order valence-corrected chi connectivity index (χ3v) is 8.90. The van der Waals surface area contributed by atoms with E-state index in [1.807, 2.05) is 52.8 Å². The molecule has 0 fully saturated rings. The predicted octanol–water partition coefficient (Wildman–Crippen LogP) is 5.92. The van der Waals surface area contributed by atoms with Crippen LogP contribution in [0.1, 0.15) is 5.56 Å². The van der Waals surface area contributed by atoms with Crippen molar-refractivity contribution < 1.29 is 13.9 Å². The molecule has 9 nitrogen and oxygen atoms in total. The standard InChI is InChI=1S/C30H31FN6O3Si/c1-35-26-15-21(40-28-10-6-9-27(31)34-28)11-12-22(26)24-17-32-36(30(38)29(24)35)18-20-7-5-8-25-23(20)16-33-37(25)19-39-13-14-41(2,3)4/h5-12,15-17H,13-14,18-19H2,1-4H3. The molecule has 0 atom stereocenters. The van der Waals surface area contributed by atoms with Crippen molar-refractivity contribution in [1.82, 2.24) is 29.1 Å². The Bertz CT molecular complexity index is 1960. The summed E-state index contributed by atoms with van der Waals surface area (Å²) in [6.45, 7) is 8.40. The van der Waals surface area contributed by atoms with E-state index in [-0.39, 0.29) is 11.4 Å². The smallest absolute Gasteiger partial charge is 0.291 e. The van der Waals surface area contributed by atoms with Crippen LogP contribution in [0.5, 0.6) is 11.6 Å². The first-order valence-corrected chi connectivity index (χ1v) is 17.2. The van der Waals surface area contributed by atoms with Crippen molar-refractivity contribution in [1.29, 1.82) is 0 Å². The van der Waals surface area contributed by atoms with Gasteiger partial charge in [-0.25, -0.2) is 9.36 Å². The van der Waals surface area contributed by atoms with Crippen molar-refractivity contribution in [2.24, 2.45) is 7.05 Å². The molecule has 0 saturated heterocycles. The molecular weight excluding hydrogens is 539 g/mol. The lowest BCUT2D eigenvalue weighted by atomic mass is 10.1. The zero-order valence-corrected chi connectivity index (χ0v) is 24.5. The fourth-order valence-corrected chi connectivity index (χ4v) is 5.73. The molecule has 0 radical (unpaired) electrons. The molecule has 210 valence electrons. The third-order valence-electron chi connectivity index (χ3n) is 7.19. The highest BCUT2D eigenvalue weighted by atomic mass is 28.3. The Hall–Kier alpha value is -4.35. The van der Waals surface area contributed by atoms with E-state index in [9.17, 15) is 9.18 Å². The number of aryl methyl sites for hydroxylation is 1. The molecule has 0 aliphatic rings. The monoisotopic (exact) mass is 570 g/mol. The lowest BCUT2D eigenvalue weighted by molar-refractivity contribution is 0.0817. The second kappa shape index (κ2) is 10.6. The number of benzene rings is 2. The Morgan fingerprint density at radius 2 is 1.68 bits per heavy atom. The van der Waals surface area contributed by atoms with E-state index in [0.29, 0.717) is 24.5 Å². The van der Waals surface area contributed by atoms with Crippen LogP contribution in [0.3, 0.4) is 0 Å². The zero-order valence-electron chi connectivity index (χ0n) is 23.5. The van der Waals surface area contributed by atoms with Gasteiger partial charge in [-0.3, -0.25) is 4.79 Å². The number of halogens is 1. The van der Waals surface area contributed by atoms with Crippen molar-refractivity contribution >= 4 is 40.8 Å². The van der Waals surface area contributed by atoms with Gasteiger partial charge in [0, 0.05) is 50.0 Å². The Balaban J connectivity index is 1.29. The number of hydrogen-bond acceptors (Lipinski definition) is 6. The summed E-state index contributed by atoms with van der Waals surface area (Å²) in [5.74, 6) is 0.0272. The first-order chi connectivity index (χ1) is 19.7. The summed E-state index contributed by atoms with van der Waals surface area (Å²) in [4.78, 5) is 17.5. The Morgan fingerprint density at radius 1 is 0.902 bits per heavy atom. The van der Waals surface area contributed by atoms with Gasteiger partial charge in [0.05, 0.1) is 30.0 Å². The van der Waals surface area contributed by atoms with Crippen LogP contribution in [-0.4, -0.2) is 43.8 Å². The SMILES string of the molecule is Cn1c2cc(Oc3cccc(F)n3)ccc2c2cnn(Cc3cccc4c3cnn4COCC[Si](C)(C)C)c(=O)c21. The molecule has 0 unspecified atom stereocenters. The normalized spacial score (nSPS) is 12.1. The van der Waals surface area contributed by atoms with Crippen LogP contribution in [0.4, 0.5) is 4.39 Å². The summed E-state index contributed by atoms with van der Waals surface area (Å²) >= 11 is 0. The summed E-state index contributed by atoms with van der Waals surface area (Å²) in [6, 6.07) is 16.9. The summed E-state index contributed by atoms with van der Waals surface area (Å²) in [5.41, 5.74) is 3.03. The summed E-state index contributed by atoms with van der Waals surface area (Å²) in [5, 5.41) is 11.6. The second-order valence-corrected chi connectivity index (χ2v) is 17.0. The van der Waals surface area contributed by atoms with Gasteiger partial charge in [-0.15, -0.1) is 0 Å². The van der Waals surface area contributed by atoms with Crippen molar-refractivity contribution in [2.75, 3.05) is 6.61 Å². The van der Waals surface area contributed by atoms with Gasteiger partial charge in [0.2, 0.25) is 11.8 Å². The van der Waals surface area contributed by atoms with Crippen LogP contribution < -0.4 is 10.3 Å². The molecule has 4 heterocycles. The van der Waals surface area contributed by atoms with Gasteiger partial charge in [0.25, 0.3) is 5.56 Å². The molecule has 4 aromatic heterocycles. The molecule has 11 heteroatoms. The van der Waals surface area contributed by atoms with Crippen LogP contribution in [0, 0.1) is 5.95 Å². The average Bonchev–Trinajstić information content (AvgIpc) is 3.47. The zero-order chi connectivity index (χ0) is 28.7. The van der Waals surface area contributed by atoms with Gasteiger partial charge >= 0.3 is 0 Å². The van der Waals surface area contributed by atoms with Gasteiger partial charge < -0.3 is 14.0 Å². The number of fused-ring (bicyclic) bond motifs is 4. The van der Waals surface area contributed by atoms with Gasteiger partial charge in [0.1, 0.15) is 18.0 Å². The molecule has 0 N–H and O–H groups in total. The number of aromatic nitrogens is 6. The Morgan fingerprint density at radius 3 is 2.49 bits per heavy atom. The average molecular weight is 571 g/mol. The topological polar surface area (TPSA) is 89.0 Å². The van der Waals surface area contributed by atoms with Gasteiger partial charge in [-0.05, 0) is 35.9 Å². The van der Waals surface area contributed by atoms with E-state index >= 15 is 0 Å². The van der Waals surface area contributed by atoms with E-state index in [4.69, 9.17) is 9.47 Å². The summed E-state index contributed by atoms with van der Waals surface area (Å²) < 4.78 is 30.3. The maximum atomic E-state index is 13.7. The maximum Gasteiger partial charge on any atom is 0.291 e. The molecule has 0 spiro atoms. The molecule has 6 aromatic rings. The lowest BCUT2D eigenvalue weighted by Gasteiger charge is -2.15. The molecule has 0 bridgehead atoms. The molecule has 0 amide bonds. The molecule has 2 aromatic carbocycles. The number of ether oxygens (including phenoxy) is 2. The Labute approximate surface area is 236 Å². The molecular formula is C30H31FN6O3Si. The molecule has 41 heavy (non-hydrogen) atoms. The highest BCUT2D eigenvalue weighted by molar-refractivity contribution is 6.76. The second-order valence-electron chi connectivity index (χ2n) is 11.4. The summed E-state index contributed by atoms with van der Waals surface area (Å²) in [7, 11) is 0.677. The van der Waals surface area contributed by atoms with Crippen LogP contribution in [0.25, 0.3) is 32.7 Å². The van der Waals surface area contributed by atoms with Crippen molar-refractivity contribution in [2.45, 2.75) is 39.0 Å². The third kappa shape index (κ3) is 5.38. The van der Waals surface area contributed by atoms with Crippen LogP contribution >= 0.6 is 0 Å². The number of pyridine rings is 1. The minimum Gasteiger partial charge on any atom is -0.439 e. The maximum absolute atomic E-state index is 13.7. The Kier molecular flexibility index (Phi) is 6.92. The first kappa shape index (κ1) is 26.8. The largest absolute Gasteiger partial charge is 0.439 e. The van der Waals surface area contributed by atoms with Crippen molar-refractivity contribution in [3.63, 3.8) is 0 Å². The van der Waals surface area contributed by atoms with Crippen molar-refractivity contribution in [3.8, 4) is 11.6 Å².